The van der Waals surface area contributed by atoms with Gasteiger partial charge in [-0.1, -0.05) is 11.2 Å². The van der Waals surface area contributed by atoms with E-state index in [-0.39, 0.29) is 18.2 Å². The number of piperazine rings is 1. The van der Waals surface area contributed by atoms with Gasteiger partial charge in [-0.2, -0.15) is 4.31 Å². The number of amides is 2. The first-order valence-electron chi connectivity index (χ1n) is 11.3. The fourth-order valence-electron chi connectivity index (χ4n) is 4.63. The second-order valence-electron chi connectivity index (χ2n) is 8.75. The van der Waals surface area contributed by atoms with Gasteiger partial charge in [0.1, 0.15) is 18.1 Å². The summed E-state index contributed by atoms with van der Waals surface area (Å²) in [5.41, 5.74) is 1.14. The van der Waals surface area contributed by atoms with Gasteiger partial charge in [0.15, 0.2) is 5.58 Å². The van der Waals surface area contributed by atoms with E-state index in [1.165, 1.54) is 10.6 Å². The van der Waals surface area contributed by atoms with Crippen LogP contribution in [0.15, 0.2) is 34.9 Å². The first-order chi connectivity index (χ1) is 16.3. The lowest BCUT2D eigenvalue weighted by atomic mass is 9.91. The molecule has 1 N–H and O–H groups in total. The number of benzene rings is 2. The topological polar surface area (TPSA) is 122 Å². The lowest BCUT2D eigenvalue weighted by Gasteiger charge is -2.33. The van der Waals surface area contributed by atoms with Crippen LogP contribution in [0.1, 0.15) is 24.5 Å². The van der Waals surface area contributed by atoms with Crippen LogP contribution in [0.25, 0.3) is 21.7 Å². The Morgan fingerprint density at radius 3 is 2.68 bits per heavy atom. The maximum Gasteiger partial charge on any atom is 0.235 e. The zero-order valence-corrected chi connectivity index (χ0v) is 19.6. The minimum atomic E-state index is -3.13. The zero-order chi connectivity index (χ0) is 23.9. The molecule has 1 aromatic heterocycles. The van der Waals surface area contributed by atoms with Crippen molar-refractivity contribution in [2.45, 2.75) is 18.8 Å². The van der Waals surface area contributed by atoms with Crippen LogP contribution in [0.4, 0.5) is 0 Å². The van der Waals surface area contributed by atoms with Gasteiger partial charge in [-0.3, -0.25) is 19.8 Å². The predicted octanol–water partition coefficient (Wildman–Crippen LogP) is 1.46. The third kappa shape index (κ3) is 4.50. The highest BCUT2D eigenvalue weighted by Gasteiger charge is 2.32. The Morgan fingerprint density at radius 2 is 1.94 bits per heavy atom. The maximum atomic E-state index is 12.4. The average molecular weight is 487 g/mol. The summed E-state index contributed by atoms with van der Waals surface area (Å²) in [6.45, 7) is 3.56. The SMILES string of the molecule is CS(=O)(=O)N1CCN(CCOc2ccc3c(ccc4onc([C@@H]5CCC(=O)NC5=O)c43)c2)CC1. The number of fused-ring (bicyclic) bond motifs is 3. The largest absolute Gasteiger partial charge is 0.492 e. The number of carbonyl (C=O) groups excluding carboxylic acids is 2. The number of nitrogens with one attached hydrogen (secondary N) is 1. The Labute approximate surface area is 196 Å². The molecule has 2 aliphatic heterocycles. The van der Waals surface area contributed by atoms with Crippen molar-refractivity contribution in [3.63, 3.8) is 0 Å². The van der Waals surface area contributed by atoms with Gasteiger partial charge in [0.2, 0.25) is 21.8 Å². The number of rotatable bonds is 6. The Kier molecular flexibility index (Phi) is 6.00. The minimum Gasteiger partial charge on any atom is -0.492 e. The van der Waals surface area contributed by atoms with Crippen LogP contribution in [-0.2, 0) is 19.6 Å². The first kappa shape index (κ1) is 22.8. The summed E-state index contributed by atoms with van der Waals surface area (Å²) in [5, 5.41) is 9.17. The summed E-state index contributed by atoms with van der Waals surface area (Å²) in [6.07, 6.45) is 1.92. The maximum absolute atomic E-state index is 12.4. The molecule has 0 aliphatic carbocycles. The summed E-state index contributed by atoms with van der Waals surface area (Å²) >= 11 is 0. The quantitative estimate of drug-likeness (QED) is 0.520. The molecule has 0 saturated carbocycles. The van der Waals surface area contributed by atoms with E-state index in [1.807, 2.05) is 30.3 Å². The van der Waals surface area contributed by atoms with E-state index in [0.717, 1.165) is 21.9 Å². The summed E-state index contributed by atoms with van der Waals surface area (Å²) in [7, 11) is -3.13. The van der Waals surface area contributed by atoms with E-state index in [4.69, 9.17) is 9.26 Å². The predicted molar refractivity (Wildman–Crippen MR) is 125 cm³/mol. The van der Waals surface area contributed by atoms with Gasteiger partial charge in [-0.15, -0.1) is 0 Å². The smallest absolute Gasteiger partial charge is 0.235 e. The van der Waals surface area contributed by atoms with Crippen molar-refractivity contribution < 1.29 is 27.3 Å². The lowest BCUT2D eigenvalue weighted by molar-refractivity contribution is -0.134. The molecule has 2 aliphatic rings. The van der Waals surface area contributed by atoms with Crippen molar-refractivity contribution in [1.82, 2.24) is 19.7 Å². The normalized spacial score (nSPS) is 20.7. The molecule has 180 valence electrons. The van der Waals surface area contributed by atoms with Crippen LogP contribution in [-0.4, -0.2) is 80.2 Å². The van der Waals surface area contributed by atoms with Crippen molar-refractivity contribution in [3.8, 4) is 5.75 Å². The van der Waals surface area contributed by atoms with Crippen molar-refractivity contribution in [2.24, 2.45) is 0 Å². The van der Waals surface area contributed by atoms with Gasteiger partial charge in [0.25, 0.3) is 0 Å². The average Bonchev–Trinajstić information content (AvgIpc) is 3.23. The summed E-state index contributed by atoms with van der Waals surface area (Å²) in [4.78, 5) is 26.1. The van der Waals surface area contributed by atoms with Crippen molar-refractivity contribution in [1.29, 1.82) is 0 Å². The Morgan fingerprint density at radius 1 is 1.15 bits per heavy atom. The van der Waals surface area contributed by atoms with Crippen LogP contribution < -0.4 is 10.1 Å². The molecule has 10 nitrogen and oxygen atoms in total. The molecule has 2 amide bonds. The minimum absolute atomic E-state index is 0.266. The van der Waals surface area contributed by atoms with E-state index in [2.05, 4.69) is 15.4 Å². The van der Waals surface area contributed by atoms with Gasteiger partial charge in [0.05, 0.1) is 17.6 Å². The molecule has 11 heteroatoms. The van der Waals surface area contributed by atoms with Crippen LogP contribution in [0.5, 0.6) is 5.75 Å². The fourth-order valence-corrected chi connectivity index (χ4v) is 5.46. The van der Waals surface area contributed by atoms with E-state index in [1.54, 1.807) is 0 Å². The van der Waals surface area contributed by atoms with Gasteiger partial charge in [0, 0.05) is 39.1 Å². The van der Waals surface area contributed by atoms with Gasteiger partial charge in [-0.25, -0.2) is 8.42 Å². The molecule has 0 radical (unpaired) electrons. The highest BCUT2D eigenvalue weighted by Crippen LogP contribution is 2.36. The van der Waals surface area contributed by atoms with E-state index >= 15 is 0 Å². The third-order valence-corrected chi connectivity index (χ3v) is 7.80. The molecule has 2 saturated heterocycles. The summed E-state index contributed by atoms with van der Waals surface area (Å²) in [5.74, 6) is -0.414. The van der Waals surface area contributed by atoms with Crippen LogP contribution in [0.3, 0.4) is 0 Å². The van der Waals surface area contributed by atoms with E-state index in [0.29, 0.717) is 57.0 Å². The number of nitrogens with zero attached hydrogens (tertiary/aromatic N) is 3. The third-order valence-electron chi connectivity index (χ3n) is 6.50. The number of aromatic nitrogens is 1. The number of carbonyl (C=O) groups is 2. The molecule has 2 fully saturated rings. The zero-order valence-electron chi connectivity index (χ0n) is 18.8. The van der Waals surface area contributed by atoms with Crippen molar-refractivity contribution in [2.75, 3.05) is 45.6 Å². The van der Waals surface area contributed by atoms with Crippen LogP contribution >= 0.6 is 0 Å². The van der Waals surface area contributed by atoms with E-state index < -0.39 is 15.9 Å². The first-order valence-corrected chi connectivity index (χ1v) is 13.1. The van der Waals surface area contributed by atoms with Gasteiger partial charge >= 0.3 is 0 Å². The Bertz CT molecular complexity index is 1360. The monoisotopic (exact) mass is 486 g/mol. The van der Waals surface area contributed by atoms with Gasteiger partial charge in [-0.05, 0) is 41.5 Å². The van der Waals surface area contributed by atoms with Crippen LogP contribution in [0, 0.1) is 0 Å². The number of hydrogen-bond acceptors (Lipinski definition) is 8. The highest BCUT2D eigenvalue weighted by molar-refractivity contribution is 7.88. The van der Waals surface area contributed by atoms with Crippen molar-refractivity contribution in [3.05, 3.63) is 36.0 Å². The molecular formula is C23H26N4O6S. The van der Waals surface area contributed by atoms with E-state index in [9.17, 15) is 18.0 Å². The lowest BCUT2D eigenvalue weighted by Crippen LogP contribution is -2.49. The van der Waals surface area contributed by atoms with Gasteiger partial charge < -0.3 is 9.26 Å². The molecule has 3 aromatic rings. The molecule has 1 atom stereocenters. The molecule has 0 unspecified atom stereocenters. The molecule has 3 heterocycles. The van der Waals surface area contributed by atoms with Crippen LogP contribution in [0.2, 0.25) is 0 Å². The number of piperidine rings is 1. The molecule has 5 rings (SSSR count). The number of sulfonamides is 1. The molecular weight excluding hydrogens is 460 g/mol. The molecule has 2 aromatic carbocycles. The Balaban J connectivity index is 1.28. The standard InChI is InChI=1S/C23H26N4O6S/c1-34(30,31)27-10-8-26(9-11-27)12-13-32-16-3-4-17-15(14-16)2-6-19-21(17)22(25-33-19)18-5-7-20(28)24-23(18)29/h2-4,6,14,18H,5,7-13H2,1H3,(H,24,28,29)/t18-/m0/s1. The number of imide groups is 1. The summed E-state index contributed by atoms with van der Waals surface area (Å²) in [6, 6.07) is 9.51. The Hall–Kier alpha value is -3.02. The highest BCUT2D eigenvalue weighted by atomic mass is 32.2. The fraction of sp³-hybridized carbons (Fsp3) is 0.435. The number of hydrogen-bond donors (Lipinski definition) is 1. The second-order valence-corrected chi connectivity index (χ2v) is 10.7. The second kappa shape index (κ2) is 8.97. The molecule has 0 spiro atoms. The molecule has 34 heavy (non-hydrogen) atoms. The summed E-state index contributed by atoms with van der Waals surface area (Å²) < 4.78 is 36.2. The number of ether oxygens (including phenoxy) is 1. The molecule has 0 bridgehead atoms. The van der Waals surface area contributed by atoms with Crippen molar-refractivity contribution >= 4 is 43.6 Å².